The second kappa shape index (κ2) is 11.4. The quantitative estimate of drug-likeness (QED) is 0.140. The van der Waals surface area contributed by atoms with Crippen molar-refractivity contribution in [2.75, 3.05) is 14.2 Å². The summed E-state index contributed by atoms with van der Waals surface area (Å²) in [5.41, 5.74) is -1.15. The number of esters is 2. The van der Waals surface area contributed by atoms with Crippen molar-refractivity contribution in [1.82, 2.24) is 4.90 Å². The van der Waals surface area contributed by atoms with Crippen molar-refractivity contribution < 1.29 is 28.7 Å². The Bertz CT molecular complexity index is 1290. The highest BCUT2D eigenvalue weighted by molar-refractivity contribution is 9.10. The van der Waals surface area contributed by atoms with Gasteiger partial charge in [0, 0.05) is 20.7 Å². The fourth-order valence-electron chi connectivity index (χ4n) is 6.04. The first-order chi connectivity index (χ1) is 18.6. The Labute approximate surface area is 242 Å². The molecular weight excluding hydrogens is 598 g/mol. The number of thioether (sulfide) groups is 1. The molecule has 1 aliphatic heterocycles. The highest BCUT2D eigenvalue weighted by atomic mass is 79.9. The fourth-order valence-corrected chi connectivity index (χ4v) is 12.6. The molecule has 0 saturated heterocycles. The maximum atomic E-state index is 13.8. The van der Waals surface area contributed by atoms with Gasteiger partial charge in [-0.2, -0.15) is 0 Å². The van der Waals surface area contributed by atoms with Gasteiger partial charge in [-0.15, -0.1) is 0 Å². The number of nitrogens with zero attached hydrogens (tertiary/aromatic N) is 1. The van der Waals surface area contributed by atoms with Gasteiger partial charge in [-0.3, -0.25) is 24.1 Å². The number of carbonyl (C=O) groups is 4. The van der Waals surface area contributed by atoms with Crippen LogP contribution in [0.3, 0.4) is 0 Å². The lowest BCUT2D eigenvalue weighted by Gasteiger charge is -2.37. The van der Waals surface area contributed by atoms with Crippen molar-refractivity contribution in [1.29, 1.82) is 0 Å². The lowest BCUT2D eigenvalue weighted by atomic mass is 9.86. The number of hydrogen-bond acceptors (Lipinski definition) is 7. The molecule has 2 aliphatic rings. The zero-order valence-electron chi connectivity index (χ0n) is 22.7. The van der Waals surface area contributed by atoms with Gasteiger partial charge in [0.1, 0.15) is 0 Å². The molecule has 0 bridgehead atoms. The van der Waals surface area contributed by atoms with E-state index in [4.69, 9.17) is 9.47 Å². The first-order valence-electron chi connectivity index (χ1n) is 13.0. The lowest BCUT2D eigenvalue weighted by molar-refractivity contribution is -0.165. The van der Waals surface area contributed by atoms with Crippen molar-refractivity contribution in [3.05, 3.63) is 74.2 Å². The maximum absolute atomic E-state index is 13.8. The topological polar surface area (TPSA) is 90.0 Å². The van der Waals surface area contributed by atoms with Crippen LogP contribution in [0.2, 0.25) is 18.1 Å². The number of fused-ring (bicyclic) bond motifs is 1. The summed E-state index contributed by atoms with van der Waals surface area (Å²) in [4.78, 5) is 57.6. The molecule has 7 nitrogen and oxygen atoms in total. The fraction of sp³-hybridized carbons (Fsp3) is 0.379. The maximum Gasteiger partial charge on any atom is 0.328 e. The summed E-state index contributed by atoms with van der Waals surface area (Å²) in [6.45, 7) is 6.34. The number of amides is 2. The lowest BCUT2D eigenvalue weighted by Crippen LogP contribution is -2.49. The van der Waals surface area contributed by atoms with Crippen LogP contribution in [0.1, 0.15) is 47.9 Å². The average molecular weight is 631 g/mol. The smallest absolute Gasteiger partial charge is 0.328 e. The molecule has 2 aromatic rings. The second-order valence-electron chi connectivity index (χ2n) is 9.77. The molecule has 0 fully saturated rings. The van der Waals surface area contributed by atoms with Crippen LogP contribution in [0.15, 0.2) is 68.0 Å². The SMILES string of the molecule is CC[Si](CC)(CC)C1=C(Sc2ccc(Br)cc2)C(C(=O)OC)(C(=O)OC)CC1N1C(=O)c2ccccc2C1=O. The molecule has 1 unspecified atom stereocenters. The van der Waals surface area contributed by atoms with E-state index in [0.29, 0.717) is 16.0 Å². The zero-order chi connectivity index (χ0) is 28.5. The van der Waals surface area contributed by atoms with E-state index in [-0.39, 0.29) is 6.42 Å². The second-order valence-corrected chi connectivity index (χ2v) is 17.0. The molecule has 1 aliphatic carbocycles. The van der Waals surface area contributed by atoms with Gasteiger partial charge in [-0.1, -0.05) is 78.7 Å². The van der Waals surface area contributed by atoms with E-state index in [9.17, 15) is 19.2 Å². The summed E-state index contributed by atoms with van der Waals surface area (Å²) in [7, 11) is 0.0648. The Balaban J connectivity index is 2.06. The van der Waals surface area contributed by atoms with Gasteiger partial charge in [0.05, 0.1) is 39.5 Å². The highest BCUT2D eigenvalue weighted by Gasteiger charge is 2.64. The van der Waals surface area contributed by atoms with Crippen LogP contribution in [0.4, 0.5) is 0 Å². The number of methoxy groups -OCH3 is 2. The van der Waals surface area contributed by atoms with E-state index in [1.54, 1.807) is 24.3 Å². The van der Waals surface area contributed by atoms with E-state index in [1.807, 2.05) is 24.3 Å². The molecule has 4 rings (SSSR count). The minimum atomic E-state index is -2.42. The van der Waals surface area contributed by atoms with Crippen molar-refractivity contribution in [2.45, 2.75) is 56.3 Å². The molecule has 0 spiro atoms. The molecule has 2 amide bonds. The number of ether oxygens (including phenoxy) is 2. The molecule has 0 radical (unpaired) electrons. The molecule has 0 saturated carbocycles. The van der Waals surface area contributed by atoms with Gasteiger partial charge < -0.3 is 9.47 Å². The number of carbonyl (C=O) groups excluding carboxylic acids is 4. The minimum Gasteiger partial charge on any atom is -0.468 e. The van der Waals surface area contributed by atoms with E-state index < -0.39 is 43.3 Å². The molecular formula is C29H32BrNO6SSi. The monoisotopic (exact) mass is 629 g/mol. The van der Waals surface area contributed by atoms with Gasteiger partial charge in [-0.25, -0.2) is 0 Å². The minimum absolute atomic E-state index is 0.110. The summed E-state index contributed by atoms with van der Waals surface area (Å²) < 4.78 is 11.4. The van der Waals surface area contributed by atoms with E-state index in [2.05, 4.69) is 36.7 Å². The average Bonchev–Trinajstić information content (AvgIpc) is 3.42. The molecule has 2 aromatic carbocycles. The van der Waals surface area contributed by atoms with Gasteiger partial charge >= 0.3 is 11.9 Å². The van der Waals surface area contributed by atoms with E-state index >= 15 is 0 Å². The Morgan fingerprint density at radius 1 is 0.923 bits per heavy atom. The summed E-state index contributed by atoms with van der Waals surface area (Å²) in [5.74, 6) is -2.33. The Morgan fingerprint density at radius 2 is 1.41 bits per heavy atom. The summed E-state index contributed by atoms with van der Waals surface area (Å²) in [6, 6.07) is 16.0. The van der Waals surface area contributed by atoms with Crippen LogP contribution < -0.4 is 0 Å². The predicted octanol–water partition coefficient (Wildman–Crippen LogP) is 6.24. The van der Waals surface area contributed by atoms with Gasteiger partial charge in [0.15, 0.2) is 5.41 Å². The molecule has 0 N–H and O–H groups in total. The Morgan fingerprint density at radius 3 is 1.85 bits per heavy atom. The van der Waals surface area contributed by atoms with Crippen molar-refractivity contribution in [3.63, 3.8) is 0 Å². The predicted molar refractivity (Wildman–Crippen MR) is 156 cm³/mol. The van der Waals surface area contributed by atoms with Gasteiger partial charge in [-0.05, 0) is 41.6 Å². The Hall–Kier alpha value is -2.69. The van der Waals surface area contributed by atoms with Crippen LogP contribution >= 0.6 is 27.7 Å². The van der Waals surface area contributed by atoms with Crippen molar-refractivity contribution in [3.8, 4) is 0 Å². The number of rotatable bonds is 9. The first-order valence-corrected chi connectivity index (χ1v) is 17.2. The van der Waals surface area contributed by atoms with Crippen LogP contribution in [0.25, 0.3) is 0 Å². The number of imide groups is 1. The largest absolute Gasteiger partial charge is 0.468 e. The van der Waals surface area contributed by atoms with Crippen LogP contribution in [-0.4, -0.2) is 57.0 Å². The Kier molecular flexibility index (Phi) is 8.58. The summed E-state index contributed by atoms with van der Waals surface area (Å²) in [6.07, 6.45) is -0.110. The van der Waals surface area contributed by atoms with Crippen molar-refractivity contribution >= 4 is 59.5 Å². The molecule has 1 atom stereocenters. The molecule has 10 heteroatoms. The normalized spacial score (nSPS) is 18.4. The molecule has 39 heavy (non-hydrogen) atoms. The van der Waals surface area contributed by atoms with Gasteiger partial charge in [0.25, 0.3) is 11.8 Å². The van der Waals surface area contributed by atoms with E-state index in [1.165, 1.54) is 30.9 Å². The van der Waals surface area contributed by atoms with Crippen molar-refractivity contribution in [2.24, 2.45) is 5.41 Å². The zero-order valence-corrected chi connectivity index (χ0v) is 26.1. The highest BCUT2D eigenvalue weighted by Crippen LogP contribution is 2.58. The summed E-state index contributed by atoms with van der Waals surface area (Å²) in [5, 5.41) is 0.883. The number of benzene rings is 2. The summed E-state index contributed by atoms with van der Waals surface area (Å²) >= 11 is 4.79. The number of halogens is 1. The molecule has 206 valence electrons. The first kappa shape index (κ1) is 29.3. The third-order valence-corrected chi connectivity index (χ3v) is 16.1. The molecule has 0 aromatic heterocycles. The standard InChI is InChI=1S/C29H32BrNO6SSi/c1-6-39(7-2,8-3)23-22(31-25(32)20-11-9-10-12-21(20)26(31)33)17-29(27(34)36-4,28(35)37-5)24(23)38-19-15-13-18(30)14-16-19/h9-16,22H,6-8,17H2,1-5H3. The van der Waals surface area contributed by atoms with Crippen LogP contribution in [-0.2, 0) is 19.1 Å². The third kappa shape index (κ3) is 4.60. The van der Waals surface area contributed by atoms with Crippen LogP contribution in [0, 0.1) is 5.41 Å². The third-order valence-electron chi connectivity index (χ3n) is 8.31. The van der Waals surface area contributed by atoms with Gasteiger partial charge in [0.2, 0.25) is 0 Å². The van der Waals surface area contributed by atoms with Crippen LogP contribution in [0.5, 0.6) is 0 Å². The molecule has 1 heterocycles. The van der Waals surface area contributed by atoms with E-state index in [0.717, 1.165) is 32.7 Å². The number of hydrogen-bond donors (Lipinski definition) is 0.